The normalized spacial score (nSPS) is 12.2. The van der Waals surface area contributed by atoms with Crippen LogP contribution in [0.15, 0.2) is 24.3 Å². The van der Waals surface area contributed by atoms with E-state index in [1.165, 1.54) is 0 Å². The lowest BCUT2D eigenvalue weighted by Gasteiger charge is -2.10. The van der Waals surface area contributed by atoms with Crippen LogP contribution in [0.3, 0.4) is 0 Å². The Bertz CT molecular complexity index is 572. The molecule has 0 atom stereocenters. The van der Waals surface area contributed by atoms with Gasteiger partial charge in [0.1, 0.15) is 0 Å². The summed E-state index contributed by atoms with van der Waals surface area (Å²) in [5.74, 6) is -1.30. The zero-order valence-electron chi connectivity index (χ0n) is 9.87. The third-order valence-electron chi connectivity index (χ3n) is 2.08. The van der Waals surface area contributed by atoms with Crippen LogP contribution in [0.2, 0.25) is 5.02 Å². The minimum absolute atomic E-state index is 0.177. The van der Waals surface area contributed by atoms with E-state index in [1.54, 1.807) is 24.3 Å². The summed E-state index contributed by atoms with van der Waals surface area (Å²) in [5, 5.41) is 3.02. The van der Waals surface area contributed by atoms with Crippen molar-refractivity contribution in [3.63, 3.8) is 0 Å². The van der Waals surface area contributed by atoms with E-state index in [0.717, 1.165) is 10.3 Å². The molecular weight excluding hydrogens is 321 g/mol. The molecule has 10 heteroatoms. The molecule has 0 saturated carbocycles. The van der Waals surface area contributed by atoms with Gasteiger partial charge in [-0.05, 0) is 17.7 Å². The van der Waals surface area contributed by atoms with Crippen molar-refractivity contribution in [1.82, 2.24) is 10.0 Å². The fourth-order valence-electron chi connectivity index (χ4n) is 1.17. The van der Waals surface area contributed by atoms with Gasteiger partial charge in [0, 0.05) is 11.6 Å². The van der Waals surface area contributed by atoms with Crippen molar-refractivity contribution in [2.45, 2.75) is 12.1 Å². The Kier molecular flexibility index (Phi) is 5.37. The molecule has 2 N–H and O–H groups in total. The molecule has 112 valence electrons. The number of hydrogen-bond donors (Lipinski definition) is 2. The Balaban J connectivity index is 2.43. The van der Waals surface area contributed by atoms with Gasteiger partial charge in [0.2, 0.25) is 5.91 Å². The van der Waals surface area contributed by atoms with Crippen LogP contribution in [-0.2, 0) is 21.4 Å². The molecule has 0 bridgehead atoms. The molecule has 1 rings (SSSR count). The number of carbonyl (C=O) groups is 1. The monoisotopic (exact) mass is 330 g/mol. The number of hydrogen-bond acceptors (Lipinski definition) is 4. The Morgan fingerprint density at radius 2 is 1.75 bits per heavy atom. The summed E-state index contributed by atoms with van der Waals surface area (Å²) in [6.07, 6.45) is 0. The maximum atomic E-state index is 12.0. The fraction of sp³-hybridized carbons (Fsp3) is 0.300. The maximum Gasteiger partial charge on any atom is 0.516 e. The van der Waals surface area contributed by atoms with Gasteiger partial charge in [-0.25, -0.2) is 4.72 Å². The highest BCUT2D eigenvalue weighted by atomic mass is 35.5. The largest absolute Gasteiger partial charge is 0.516 e. The number of sulfonamides is 1. The topological polar surface area (TPSA) is 75.3 Å². The van der Waals surface area contributed by atoms with E-state index >= 15 is 0 Å². The van der Waals surface area contributed by atoms with Gasteiger partial charge in [-0.3, -0.25) is 4.79 Å². The predicted molar refractivity (Wildman–Crippen MR) is 66.3 cm³/mol. The summed E-state index contributed by atoms with van der Waals surface area (Å²) < 4.78 is 58.1. The van der Waals surface area contributed by atoms with E-state index in [-0.39, 0.29) is 6.54 Å². The van der Waals surface area contributed by atoms with E-state index in [4.69, 9.17) is 11.6 Å². The molecular formula is C10H10ClF3N2O3S. The predicted octanol–water partition coefficient (Wildman–Crippen LogP) is 1.40. The molecule has 0 aromatic heterocycles. The summed E-state index contributed by atoms with van der Waals surface area (Å²) in [6, 6.07) is 6.51. The average Bonchev–Trinajstić information content (AvgIpc) is 2.29. The van der Waals surface area contributed by atoms with Crippen molar-refractivity contribution in [2.75, 3.05) is 6.54 Å². The van der Waals surface area contributed by atoms with Crippen molar-refractivity contribution >= 4 is 27.5 Å². The third-order valence-corrected chi connectivity index (χ3v) is 3.44. The molecule has 0 aliphatic heterocycles. The Hall–Kier alpha value is -1.32. The van der Waals surface area contributed by atoms with Gasteiger partial charge in [0.05, 0.1) is 6.54 Å². The van der Waals surface area contributed by atoms with Crippen molar-refractivity contribution in [2.24, 2.45) is 0 Å². The Morgan fingerprint density at radius 1 is 1.20 bits per heavy atom. The molecule has 0 fully saturated rings. The molecule has 1 aromatic rings. The molecule has 5 nitrogen and oxygen atoms in total. The van der Waals surface area contributed by atoms with Gasteiger partial charge in [0.15, 0.2) is 0 Å². The summed E-state index contributed by atoms with van der Waals surface area (Å²) >= 11 is 5.65. The number of halogens is 4. The van der Waals surface area contributed by atoms with E-state index in [1.807, 2.05) is 0 Å². The summed E-state index contributed by atoms with van der Waals surface area (Å²) in [7, 11) is -5.65. The zero-order chi connectivity index (χ0) is 15.4. The minimum atomic E-state index is -5.65. The van der Waals surface area contributed by atoms with E-state index in [9.17, 15) is 26.4 Å². The summed E-state index contributed by atoms with van der Waals surface area (Å²) in [4.78, 5) is 11.1. The van der Waals surface area contributed by atoms with E-state index < -0.39 is 28.0 Å². The summed E-state index contributed by atoms with van der Waals surface area (Å²) in [6.45, 7) is -0.394. The van der Waals surface area contributed by atoms with Crippen LogP contribution in [0.1, 0.15) is 5.56 Å². The first-order valence-corrected chi connectivity index (χ1v) is 7.05. The SMILES string of the molecule is O=C(CNCc1ccc(Cl)cc1)NS(=O)(=O)C(F)(F)F. The third kappa shape index (κ3) is 4.99. The molecule has 0 saturated heterocycles. The highest BCUT2D eigenvalue weighted by Crippen LogP contribution is 2.21. The molecule has 0 radical (unpaired) electrons. The first kappa shape index (κ1) is 16.7. The molecule has 0 unspecified atom stereocenters. The first-order chi connectivity index (χ1) is 9.12. The van der Waals surface area contributed by atoms with Crippen molar-refractivity contribution in [3.8, 4) is 0 Å². The standard InChI is InChI=1S/C10H10ClF3N2O3S/c11-8-3-1-7(2-4-8)5-15-6-9(17)16-20(18,19)10(12,13)14/h1-4,15H,5-6H2,(H,16,17). The zero-order valence-corrected chi connectivity index (χ0v) is 11.4. The highest BCUT2D eigenvalue weighted by molar-refractivity contribution is 7.90. The number of nitrogens with one attached hydrogen (secondary N) is 2. The van der Waals surface area contributed by atoms with Crippen LogP contribution in [0.4, 0.5) is 13.2 Å². The molecule has 20 heavy (non-hydrogen) atoms. The number of rotatable bonds is 5. The second kappa shape index (κ2) is 6.42. The quantitative estimate of drug-likeness (QED) is 0.855. The van der Waals surface area contributed by atoms with Crippen LogP contribution in [0.25, 0.3) is 0 Å². The van der Waals surface area contributed by atoms with Gasteiger partial charge in [-0.15, -0.1) is 0 Å². The number of carbonyl (C=O) groups excluding carboxylic acids is 1. The molecule has 1 aromatic carbocycles. The van der Waals surface area contributed by atoms with Crippen LogP contribution in [0, 0.1) is 0 Å². The number of amides is 1. The van der Waals surface area contributed by atoms with Crippen LogP contribution >= 0.6 is 11.6 Å². The highest BCUT2D eigenvalue weighted by Gasteiger charge is 2.46. The molecule has 0 heterocycles. The average molecular weight is 331 g/mol. The fourth-order valence-corrected chi connectivity index (χ4v) is 1.78. The smallest absolute Gasteiger partial charge is 0.304 e. The van der Waals surface area contributed by atoms with Crippen LogP contribution in [-0.4, -0.2) is 26.4 Å². The molecule has 0 spiro atoms. The van der Waals surface area contributed by atoms with Crippen molar-refractivity contribution < 1.29 is 26.4 Å². The second-order valence-corrected chi connectivity index (χ2v) is 5.81. The van der Waals surface area contributed by atoms with Gasteiger partial charge in [-0.1, -0.05) is 23.7 Å². The van der Waals surface area contributed by atoms with Crippen molar-refractivity contribution in [1.29, 1.82) is 0 Å². The Labute approximate surface area is 118 Å². The Morgan fingerprint density at radius 3 is 2.25 bits per heavy atom. The van der Waals surface area contributed by atoms with Gasteiger partial charge < -0.3 is 5.32 Å². The minimum Gasteiger partial charge on any atom is -0.304 e. The van der Waals surface area contributed by atoms with Gasteiger partial charge >= 0.3 is 15.5 Å². The number of alkyl halides is 3. The van der Waals surface area contributed by atoms with Gasteiger partial charge in [0.25, 0.3) is 0 Å². The summed E-state index contributed by atoms with van der Waals surface area (Å²) in [5.41, 5.74) is -4.78. The van der Waals surface area contributed by atoms with Crippen molar-refractivity contribution in [3.05, 3.63) is 34.9 Å². The van der Waals surface area contributed by atoms with Crippen LogP contribution in [0.5, 0.6) is 0 Å². The second-order valence-electron chi connectivity index (χ2n) is 3.70. The molecule has 0 aliphatic rings. The number of benzene rings is 1. The van der Waals surface area contributed by atoms with Gasteiger partial charge in [-0.2, -0.15) is 21.6 Å². The van der Waals surface area contributed by atoms with E-state index in [2.05, 4.69) is 5.32 Å². The lowest BCUT2D eigenvalue weighted by Crippen LogP contribution is -2.43. The van der Waals surface area contributed by atoms with E-state index in [0.29, 0.717) is 5.02 Å². The van der Waals surface area contributed by atoms with Crippen LogP contribution < -0.4 is 10.0 Å². The maximum absolute atomic E-state index is 12.0. The molecule has 1 amide bonds. The lowest BCUT2D eigenvalue weighted by molar-refractivity contribution is -0.119. The molecule has 0 aliphatic carbocycles. The first-order valence-electron chi connectivity index (χ1n) is 5.19. The lowest BCUT2D eigenvalue weighted by atomic mass is 10.2.